The summed E-state index contributed by atoms with van der Waals surface area (Å²) in [6.07, 6.45) is -4.02. The van der Waals surface area contributed by atoms with Gasteiger partial charge in [-0.2, -0.15) is 13.2 Å². The lowest BCUT2D eigenvalue weighted by atomic mass is 10.0. The van der Waals surface area contributed by atoms with E-state index in [1.54, 1.807) is 53.7 Å². The molecule has 0 radical (unpaired) electrons. The summed E-state index contributed by atoms with van der Waals surface area (Å²) in [7, 11) is 0. The quantitative estimate of drug-likeness (QED) is 0.298. The normalized spacial score (nSPS) is 11.6. The first-order valence-electron chi connectivity index (χ1n) is 11.9. The number of rotatable bonds is 10. The van der Waals surface area contributed by atoms with Crippen LogP contribution in [0.2, 0.25) is 0 Å². The lowest BCUT2D eigenvalue weighted by Gasteiger charge is -2.28. The molecule has 0 heterocycles. The van der Waals surface area contributed by atoms with Gasteiger partial charge in [0.1, 0.15) is 5.75 Å². The minimum absolute atomic E-state index is 0.0188. The first-order valence-corrected chi connectivity index (χ1v) is 11.9. The Labute approximate surface area is 215 Å². The molecule has 2 rings (SSSR count). The average molecular weight is 523 g/mol. The largest absolute Gasteiger partial charge is 0.476 e. The van der Waals surface area contributed by atoms with Gasteiger partial charge >= 0.3 is 18.2 Å². The molecule has 0 saturated heterocycles. The van der Waals surface area contributed by atoms with Crippen molar-refractivity contribution in [1.29, 1.82) is 0 Å². The molecule has 202 valence electrons. The fourth-order valence-corrected chi connectivity index (χ4v) is 3.76. The highest BCUT2D eigenvalue weighted by Crippen LogP contribution is 2.30. The van der Waals surface area contributed by atoms with Gasteiger partial charge in [-0.3, -0.25) is 9.69 Å². The first-order chi connectivity index (χ1) is 17.2. The van der Waals surface area contributed by atoms with Crippen molar-refractivity contribution in [2.24, 2.45) is 0 Å². The van der Waals surface area contributed by atoms with E-state index in [2.05, 4.69) is 0 Å². The fourth-order valence-electron chi connectivity index (χ4n) is 3.76. The van der Waals surface area contributed by atoms with E-state index < -0.39 is 29.3 Å². The fraction of sp³-hybridized carbons (Fsp3) is 0.444. The summed E-state index contributed by atoms with van der Waals surface area (Å²) < 4.78 is 49.5. The van der Waals surface area contributed by atoms with Crippen molar-refractivity contribution in [2.75, 3.05) is 13.2 Å². The smallest absolute Gasteiger partial charge is 0.416 e. The Morgan fingerprint density at radius 3 is 1.97 bits per heavy atom. The van der Waals surface area contributed by atoms with Crippen molar-refractivity contribution in [3.63, 3.8) is 0 Å². The van der Waals surface area contributed by atoms with Crippen molar-refractivity contribution in [1.82, 2.24) is 9.80 Å². The maximum atomic E-state index is 13.1. The van der Waals surface area contributed by atoms with Crippen LogP contribution in [0.1, 0.15) is 55.5 Å². The van der Waals surface area contributed by atoms with Gasteiger partial charge in [0.25, 0.3) is 0 Å². The van der Waals surface area contributed by atoms with E-state index in [4.69, 9.17) is 9.47 Å². The number of carbonyl (C=O) groups is 3. The van der Waals surface area contributed by atoms with Gasteiger partial charge in [-0.05, 0) is 75.9 Å². The number of benzene rings is 2. The van der Waals surface area contributed by atoms with Crippen molar-refractivity contribution in [3.05, 3.63) is 64.2 Å². The number of halogens is 3. The van der Waals surface area contributed by atoms with E-state index in [0.29, 0.717) is 34.4 Å². The zero-order valence-corrected chi connectivity index (χ0v) is 21.9. The molecule has 3 amide bonds. The van der Waals surface area contributed by atoms with Crippen LogP contribution in [0.4, 0.5) is 18.0 Å². The lowest BCUT2D eigenvalue weighted by Crippen LogP contribution is -2.41. The number of amides is 3. The third kappa shape index (κ3) is 7.71. The van der Waals surface area contributed by atoms with E-state index in [1.165, 1.54) is 17.0 Å². The number of hydrogen-bond acceptors (Lipinski definition) is 5. The highest BCUT2D eigenvalue weighted by atomic mass is 19.4. The second-order valence-corrected chi connectivity index (χ2v) is 9.12. The molecule has 0 fully saturated rings. The van der Waals surface area contributed by atoms with Gasteiger partial charge in [0.2, 0.25) is 6.41 Å². The molecule has 0 N–H and O–H groups in total. The monoisotopic (exact) mass is 522 g/mol. The standard InChI is InChI=1S/C27H33F3N2O5/c1-7-31(15-20-9-11-22(12-10-20)27(28,29)30)25(35)32(17-33)16-21-13-18(3)23(19(4)14-21)37-26(5,6)24(34)36-8-2/h9-14,17H,7-8,15-16H2,1-6H3. The summed E-state index contributed by atoms with van der Waals surface area (Å²) >= 11 is 0. The van der Waals surface area contributed by atoms with Crippen LogP contribution in [0.25, 0.3) is 0 Å². The molecule has 10 heteroatoms. The molecule has 2 aromatic rings. The lowest BCUT2D eigenvalue weighted by molar-refractivity contribution is -0.158. The van der Waals surface area contributed by atoms with E-state index in [9.17, 15) is 27.6 Å². The number of nitrogens with zero attached hydrogens (tertiary/aromatic N) is 2. The van der Waals surface area contributed by atoms with E-state index >= 15 is 0 Å². The summed E-state index contributed by atoms with van der Waals surface area (Å²) in [5, 5.41) is 0. The highest BCUT2D eigenvalue weighted by Gasteiger charge is 2.33. The van der Waals surface area contributed by atoms with Gasteiger partial charge in [0.05, 0.1) is 18.7 Å². The van der Waals surface area contributed by atoms with Gasteiger partial charge in [0.15, 0.2) is 5.60 Å². The molecule has 2 aromatic carbocycles. The summed E-state index contributed by atoms with van der Waals surface area (Å²) in [5.74, 6) is 0.00609. The van der Waals surface area contributed by atoms with Crippen molar-refractivity contribution in [2.45, 2.75) is 66.4 Å². The minimum Gasteiger partial charge on any atom is -0.476 e. The summed E-state index contributed by atoms with van der Waals surface area (Å²) in [5.41, 5.74) is 0.612. The summed E-state index contributed by atoms with van der Waals surface area (Å²) in [6.45, 7) is 10.7. The van der Waals surface area contributed by atoms with Crippen LogP contribution in [0.5, 0.6) is 5.75 Å². The van der Waals surface area contributed by atoms with Crippen LogP contribution >= 0.6 is 0 Å². The molecule has 0 aliphatic carbocycles. The first kappa shape index (κ1) is 29.7. The Hall–Kier alpha value is -3.56. The Morgan fingerprint density at radius 2 is 1.51 bits per heavy atom. The Balaban J connectivity index is 2.18. The third-order valence-electron chi connectivity index (χ3n) is 5.68. The van der Waals surface area contributed by atoms with Gasteiger partial charge in [-0.25, -0.2) is 9.59 Å². The van der Waals surface area contributed by atoms with Crippen molar-refractivity contribution < 1.29 is 37.0 Å². The van der Waals surface area contributed by atoms with Crippen LogP contribution in [0, 0.1) is 13.8 Å². The highest BCUT2D eigenvalue weighted by molar-refractivity contribution is 5.84. The van der Waals surface area contributed by atoms with Gasteiger partial charge in [-0.1, -0.05) is 24.3 Å². The van der Waals surface area contributed by atoms with Crippen LogP contribution in [-0.2, 0) is 33.6 Å². The SMILES string of the molecule is CCOC(=O)C(C)(C)Oc1c(C)cc(CN(C=O)C(=O)N(CC)Cc2ccc(C(F)(F)F)cc2)cc1C. The number of esters is 1. The maximum absolute atomic E-state index is 13.1. The number of ether oxygens (including phenoxy) is 2. The molecule has 0 unspecified atom stereocenters. The molecule has 7 nitrogen and oxygen atoms in total. The van der Waals surface area contributed by atoms with Gasteiger partial charge < -0.3 is 14.4 Å². The van der Waals surface area contributed by atoms with E-state index in [-0.39, 0.29) is 26.2 Å². The van der Waals surface area contributed by atoms with E-state index in [1.807, 2.05) is 0 Å². The number of alkyl halides is 3. The number of imide groups is 1. The van der Waals surface area contributed by atoms with Crippen molar-refractivity contribution >= 4 is 18.4 Å². The molecule has 0 aliphatic rings. The zero-order valence-electron chi connectivity index (χ0n) is 21.9. The maximum Gasteiger partial charge on any atom is 0.416 e. The predicted octanol–water partition coefficient (Wildman–Crippen LogP) is 5.64. The van der Waals surface area contributed by atoms with Gasteiger partial charge in [0, 0.05) is 13.1 Å². The third-order valence-corrected chi connectivity index (χ3v) is 5.68. The Bertz CT molecular complexity index is 1090. The Morgan fingerprint density at radius 1 is 0.946 bits per heavy atom. The van der Waals surface area contributed by atoms with Crippen molar-refractivity contribution in [3.8, 4) is 5.75 Å². The topological polar surface area (TPSA) is 76.1 Å². The number of aryl methyl sites for hydroxylation is 2. The second kappa shape index (κ2) is 12.1. The molecule has 0 atom stereocenters. The molecule has 0 saturated carbocycles. The van der Waals surface area contributed by atoms with Gasteiger partial charge in [-0.15, -0.1) is 0 Å². The zero-order chi connectivity index (χ0) is 28.0. The van der Waals surface area contributed by atoms with E-state index in [0.717, 1.165) is 17.0 Å². The molecular formula is C27H33F3N2O5. The van der Waals surface area contributed by atoms with Crippen LogP contribution in [0.3, 0.4) is 0 Å². The predicted molar refractivity (Wildman–Crippen MR) is 132 cm³/mol. The molecule has 37 heavy (non-hydrogen) atoms. The van der Waals surface area contributed by atoms with Crippen LogP contribution in [0.15, 0.2) is 36.4 Å². The number of urea groups is 1. The van der Waals surface area contributed by atoms with Crippen LogP contribution < -0.4 is 4.74 Å². The molecular weight excluding hydrogens is 489 g/mol. The minimum atomic E-state index is -4.45. The summed E-state index contributed by atoms with van der Waals surface area (Å²) in [6, 6.07) is 7.50. The summed E-state index contributed by atoms with van der Waals surface area (Å²) in [4.78, 5) is 39.5. The van der Waals surface area contributed by atoms with Crippen LogP contribution in [-0.4, -0.2) is 47.0 Å². The number of hydrogen-bond donors (Lipinski definition) is 0. The molecule has 0 aromatic heterocycles. The molecule has 0 aliphatic heterocycles. The number of carbonyl (C=O) groups excluding carboxylic acids is 3. The average Bonchev–Trinajstić information content (AvgIpc) is 2.82. The molecule has 0 bridgehead atoms. The Kier molecular flexibility index (Phi) is 9.72. The second-order valence-electron chi connectivity index (χ2n) is 9.12. The molecule has 0 spiro atoms.